The average Bonchev–Trinajstić information content (AvgIpc) is 3.51. The summed E-state index contributed by atoms with van der Waals surface area (Å²) >= 11 is 1.08. The van der Waals surface area contributed by atoms with Crippen molar-refractivity contribution < 1.29 is 41.9 Å². The molecule has 0 radical (unpaired) electrons. The summed E-state index contributed by atoms with van der Waals surface area (Å²) in [6.07, 6.45) is 1.37. The number of nitrogens with zero attached hydrogens (tertiary/aromatic N) is 1. The van der Waals surface area contributed by atoms with Crippen LogP contribution in [0.4, 0.5) is 8.78 Å². The number of ether oxygens (including phenoxy) is 2. The predicted octanol–water partition coefficient (Wildman–Crippen LogP) is 6.96. The first-order valence-corrected chi connectivity index (χ1v) is 15.7. The quantitative estimate of drug-likeness (QED) is 0.137. The van der Waals surface area contributed by atoms with Crippen molar-refractivity contribution >= 4 is 35.0 Å². The van der Waals surface area contributed by atoms with Crippen molar-refractivity contribution in [3.63, 3.8) is 0 Å². The molecule has 222 valence electrons. The SMILES string of the molecule is Cc1cc(F)cc(C)c1C(=O)c1sc2cc(OP(=O)(O)O)ccc2c1Oc1ccc(OC2CCN(CCCF)C2)cc1. The molecule has 4 aromatic rings. The molecule has 0 spiro atoms. The molecule has 1 aliphatic heterocycles. The molecule has 5 rings (SSSR count). The van der Waals surface area contributed by atoms with Crippen molar-refractivity contribution in [2.45, 2.75) is 32.8 Å². The Kier molecular flexibility index (Phi) is 8.96. The van der Waals surface area contributed by atoms with Gasteiger partial charge in [0.25, 0.3) is 0 Å². The Labute approximate surface area is 245 Å². The monoisotopic (exact) mass is 617 g/mol. The van der Waals surface area contributed by atoms with Crippen molar-refractivity contribution in [3.05, 3.63) is 82.0 Å². The highest BCUT2D eigenvalue weighted by Gasteiger charge is 2.27. The number of carbonyl (C=O) groups is 1. The number of hydrogen-bond acceptors (Lipinski definition) is 7. The van der Waals surface area contributed by atoms with E-state index in [4.69, 9.17) is 14.0 Å². The highest BCUT2D eigenvalue weighted by atomic mass is 32.1. The van der Waals surface area contributed by atoms with E-state index in [-0.39, 0.29) is 34.9 Å². The number of alkyl halides is 1. The number of hydrogen-bond donors (Lipinski definition) is 2. The molecule has 0 aliphatic carbocycles. The lowest BCUT2D eigenvalue weighted by Gasteiger charge is -2.16. The van der Waals surface area contributed by atoms with Crippen molar-refractivity contribution in [3.8, 4) is 23.0 Å². The van der Waals surface area contributed by atoms with E-state index in [2.05, 4.69) is 4.90 Å². The molecule has 8 nitrogen and oxygen atoms in total. The molecule has 3 aromatic carbocycles. The summed E-state index contributed by atoms with van der Waals surface area (Å²) in [6, 6.07) is 14.0. The van der Waals surface area contributed by atoms with E-state index in [1.165, 1.54) is 24.3 Å². The van der Waals surface area contributed by atoms with Gasteiger partial charge in [-0.15, -0.1) is 11.3 Å². The lowest BCUT2D eigenvalue weighted by molar-refractivity contribution is 0.103. The predicted molar refractivity (Wildman–Crippen MR) is 156 cm³/mol. The molecular formula is C30H30F2NO7PS. The van der Waals surface area contributed by atoms with Gasteiger partial charge in [-0.05, 0) is 92.4 Å². The maximum atomic E-state index is 14.0. The second kappa shape index (κ2) is 12.5. The summed E-state index contributed by atoms with van der Waals surface area (Å²) in [5.41, 5.74) is 1.30. The molecular weight excluding hydrogens is 587 g/mol. The van der Waals surface area contributed by atoms with E-state index < -0.39 is 13.6 Å². The summed E-state index contributed by atoms with van der Waals surface area (Å²) < 4.78 is 55.5. The fourth-order valence-electron chi connectivity index (χ4n) is 5.16. The summed E-state index contributed by atoms with van der Waals surface area (Å²) in [5, 5.41) is 0.540. The molecule has 12 heteroatoms. The number of aryl methyl sites for hydroxylation is 2. The number of ketones is 1. The molecule has 0 bridgehead atoms. The topological polar surface area (TPSA) is 106 Å². The molecule has 0 saturated carbocycles. The summed E-state index contributed by atoms with van der Waals surface area (Å²) in [4.78, 5) is 34.7. The van der Waals surface area contributed by atoms with Crippen LogP contribution in [0.5, 0.6) is 23.0 Å². The van der Waals surface area contributed by atoms with Crippen LogP contribution in [0.1, 0.15) is 39.2 Å². The Morgan fingerprint density at radius 2 is 1.71 bits per heavy atom. The summed E-state index contributed by atoms with van der Waals surface area (Å²) in [5.74, 6) is 0.489. The highest BCUT2D eigenvalue weighted by Crippen LogP contribution is 2.45. The van der Waals surface area contributed by atoms with Crippen LogP contribution in [0.2, 0.25) is 0 Å². The van der Waals surface area contributed by atoms with E-state index in [0.717, 1.165) is 30.8 Å². The first-order valence-electron chi connectivity index (χ1n) is 13.4. The Hall–Kier alpha value is -3.34. The van der Waals surface area contributed by atoms with Gasteiger partial charge in [-0.3, -0.25) is 23.9 Å². The molecule has 42 heavy (non-hydrogen) atoms. The van der Waals surface area contributed by atoms with Crippen molar-refractivity contribution in [1.29, 1.82) is 0 Å². The van der Waals surface area contributed by atoms with E-state index in [1.807, 2.05) is 0 Å². The van der Waals surface area contributed by atoms with Crippen LogP contribution in [0.3, 0.4) is 0 Å². The van der Waals surface area contributed by atoms with Gasteiger partial charge in [-0.25, -0.2) is 8.96 Å². The van der Waals surface area contributed by atoms with Crippen molar-refractivity contribution in [2.24, 2.45) is 0 Å². The van der Waals surface area contributed by atoms with Crippen LogP contribution in [0, 0.1) is 19.7 Å². The van der Waals surface area contributed by atoms with Gasteiger partial charge in [0.2, 0.25) is 5.78 Å². The molecule has 2 N–H and O–H groups in total. The normalized spacial score (nSPS) is 15.7. The smallest absolute Gasteiger partial charge is 0.489 e. The molecule has 2 heterocycles. The van der Waals surface area contributed by atoms with Crippen molar-refractivity contribution in [2.75, 3.05) is 26.3 Å². The number of phosphoric ester groups is 1. The zero-order chi connectivity index (χ0) is 30.0. The first kappa shape index (κ1) is 30.1. The fraction of sp³-hybridized carbons (Fsp3) is 0.300. The standard InChI is InChI=1S/C30H30F2NO7PS/c1-18-14-20(32)15-19(2)27(18)28(34)30-29(25-9-8-23(16-26(25)42-30)40-41(35,36)37)39-22-6-4-21(5-7-22)38-24-10-13-33(17-24)12-3-11-31/h4-9,14-16,24H,3,10-13,17H2,1-2H3,(H2,35,36,37). The van der Waals surface area contributed by atoms with Crippen LogP contribution in [0.25, 0.3) is 10.1 Å². The number of likely N-dealkylation sites (tertiary alicyclic amines) is 1. The number of halogens is 2. The molecule has 1 aliphatic rings. The van der Waals surface area contributed by atoms with Gasteiger partial charge in [-0.2, -0.15) is 0 Å². The second-order valence-electron chi connectivity index (χ2n) is 10.2. The number of fused-ring (bicyclic) bond motifs is 1. The van der Waals surface area contributed by atoms with Crippen LogP contribution < -0.4 is 14.0 Å². The van der Waals surface area contributed by atoms with Gasteiger partial charge >= 0.3 is 7.82 Å². The van der Waals surface area contributed by atoms with Gasteiger partial charge in [0.15, 0.2) is 5.75 Å². The Bertz CT molecular complexity index is 1630. The van der Waals surface area contributed by atoms with E-state index >= 15 is 0 Å². The number of rotatable bonds is 11. The zero-order valence-corrected chi connectivity index (χ0v) is 24.7. The van der Waals surface area contributed by atoms with Gasteiger partial charge in [0.1, 0.15) is 34.0 Å². The first-order chi connectivity index (χ1) is 20.0. The molecule has 1 fully saturated rings. The largest absolute Gasteiger partial charge is 0.524 e. The van der Waals surface area contributed by atoms with Crippen molar-refractivity contribution in [1.82, 2.24) is 4.90 Å². The number of carbonyl (C=O) groups excluding carboxylic acids is 1. The Balaban J connectivity index is 1.44. The van der Waals surface area contributed by atoms with Gasteiger partial charge < -0.3 is 14.0 Å². The summed E-state index contributed by atoms with van der Waals surface area (Å²) in [6.45, 7) is 5.30. The minimum absolute atomic E-state index is 0.00757. The van der Waals surface area contributed by atoms with Gasteiger partial charge in [0.05, 0.1) is 6.67 Å². The van der Waals surface area contributed by atoms with E-state index in [9.17, 15) is 27.9 Å². The Morgan fingerprint density at radius 3 is 2.38 bits per heavy atom. The van der Waals surface area contributed by atoms with Gasteiger partial charge in [0, 0.05) is 35.3 Å². The fourth-order valence-corrected chi connectivity index (χ4v) is 6.65. The average molecular weight is 618 g/mol. The minimum Gasteiger partial charge on any atom is -0.489 e. The van der Waals surface area contributed by atoms with E-state index in [1.54, 1.807) is 44.2 Å². The Morgan fingerprint density at radius 1 is 1.05 bits per heavy atom. The van der Waals surface area contributed by atoms with Crippen LogP contribution in [-0.4, -0.2) is 52.9 Å². The number of phosphoric acid groups is 1. The summed E-state index contributed by atoms with van der Waals surface area (Å²) in [7, 11) is -4.79. The minimum atomic E-state index is -4.79. The molecule has 1 saturated heterocycles. The van der Waals surface area contributed by atoms with E-state index in [0.29, 0.717) is 51.2 Å². The third-order valence-electron chi connectivity index (χ3n) is 6.95. The third-order valence-corrected chi connectivity index (χ3v) is 8.54. The highest BCUT2D eigenvalue weighted by molar-refractivity contribution is 7.46. The third kappa shape index (κ3) is 6.99. The van der Waals surface area contributed by atoms with Crippen LogP contribution in [0.15, 0.2) is 54.6 Å². The zero-order valence-electron chi connectivity index (χ0n) is 23.0. The molecule has 0 amide bonds. The second-order valence-corrected chi connectivity index (χ2v) is 12.4. The molecule has 1 atom stereocenters. The van der Waals surface area contributed by atoms with Crippen LogP contribution in [-0.2, 0) is 4.57 Å². The van der Waals surface area contributed by atoms with Crippen LogP contribution >= 0.6 is 19.2 Å². The number of benzene rings is 3. The lowest BCUT2D eigenvalue weighted by atomic mass is 9.97. The molecule has 1 aromatic heterocycles. The van der Waals surface area contributed by atoms with Gasteiger partial charge in [-0.1, -0.05) is 0 Å². The maximum Gasteiger partial charge on any atom is 0.524 e. The number of thiophene rings is 1. The maximum absolute atomic E-state index is 14.0. The molecule has 1 unspecified atom stereocenters. The lowest BCUT2D eigenvalue weighted by Crippen LogP contribution is -2.26.